The number of rotatable bonds is 6. The normalized spacial score (nSPS) is 11.6. The zero-order valence-electron chi connectivity index (χ0n) is 28.2. The summed E-state index contributed by atoms with van der Waals surface area (Å²) in [6.45, 7) is 4.42. The van der Waals surface area contributed by atoms with E-state index in [2.05, 4.69) is 194 Å². The molecule has 0 radical (unpaired) electrons. The van der Waals surface area contributed by atoms with Crippen LogP contribution < -0.4 is 0 Å². The largest absolute Gasteiger partial charge is 0.296 e. The van der Waals surface area contributed by atoms with Gasteiger partial charge in [0.2, 0.25) is 0 Å². The van der Waals surface area contributed by atoms with E-state index in [0.29, 0.717) is 5.92 Å². The van der Waals surface area contributed by atoms with Gasteiger partial charge in [0, 0.05) is 11.6 Å². The highest BCUT2D eigenvalue weighted by atomic mass is 15.1. The summed E-state index contributed by atoms with van der Waals surface area (Å²) in [5, 5.41) is 5.00. The smallest absolute Gasteiger partial charge is 0.117 e. The first-order valence-corrected chi connectivity index (χ1v) is 17.4. The van der Waals surface area contributed by atoms with E-state index in [1.54, 1.807) is 0 Å². The van der Waals surface area contributed by atoms with Crippen LogP contribution in [0.15, 0.2) is 176 Å². The van der Waals surface area contributed by atoms with Crippen molar-refractivity contribution in [2.24, 2.45) is 0 Å². The van der Waals surface area contributed by atoms with Gasteiger partial charge in [-0.3, -0.25) is 4.57 Å². The van der Waals surface area contributed by atoms with E-state index in [4.69, 9.17) is 4.98 Å². The van der Waals surface area contributed by atoms with Gasteiger partial charge >= 0.3 is 0 Å². The second kappa shape index (κ2) is 12.3. The Morgan fingerprint density at radius 2 is 0.880 bits per heavy atom. The van der Waals surface area contributed by atoms with Gasteiger partial charge in [0.15, 0.2) is 0 Å². The summed E-state index contributed by atoms with van der Waals surface area (Å²) in [5.41, 5.74) is 13.2. The van der Waals surface area contributed by atoms with Crippen molar-refractivity contribution in [3.8, 4) is 50.2 Å². The molecule has 238 valence electrons. The number of hydrogen-bond acceptors (Lipinski definition) is 1. The molecule has 9 aromatic rings. The third kappa shape index (κ3) is 5.00. The highest BCUT2D eigenvalue weighted by molar-refractivity contribution is 6.22. The van der Waals surface area contributed by atoms with Crippen molar-refractivity contribution in [1.29, 1.82) is 0 Å². The Hall–Kier alpha value is -6.25. The summed E-state index contributed by atoms with van der Waals surface area (Å²) in [6.07, 6.45) is 0. The minimum Gasteiger partial charge on any atom is -0.296 e. The number of hydrogen-bond donors (Lipinski definition) is 0. The molecular weight excluding hydrogens is 605 g/mol. The van der Waals surface area contributed by atoms with E-state index in [1.165, 1.54) is 66.1 Å². The molecule has 0 aliphatic heterocycles. The fourth-order valence-corrected chi connectivity index (χ4v) is 7.64. The summed E-state index contributed by atoms with van der Waals surface area (Å²) in [7, 11) is 0. The van der Waals surface area contributed by atoms with Crippen LogP contribution in [0.25, 0.3) is 82.8 Å². The molecule has 8 aromatic carbocycles. The molecule has 0 fully saturated rings. The number of fused-ring (bicyclic) bond motifs is 3. The monoisotopic (exact) mass is 640 g/mol. The maximum absolute atomic E-state index is 5.00. The predicted octanol–water partition coefficient (Wildman–Crippen LogP) is 13.1. The van der Waals surface area contributed by atoms with Crippen LogP contribution >= 0.6 is 0 Å². The minimum absolute atomic E-state index is 0.298. The summed E-state index contributed by atoms with van der Waals surface area (Å²) in [6, 6.07) is 63.7. The molecule has 0 spiro atoms. The van der Waals surface area contributed by atoms with Crippen LogP contribution in [0.3, 0.4) is 0 Å². The Bertz CT molecular complexity index is 2590. The van der Waals surface area contributed by atoms with E-state index in [9.17, 15) is 0 Å². The Balaban J connectivity index is 1.21. The molecule has 0 atom stereocenters. The van der Waals surface area contributed by atoms with Gasteiger partial charge in [-0.05, 0) is 90.3 Å². The fraction of sp³-hybridized carbons (Fsp3) is 0.0625. The van der Waals surface area contributed by atoms with Crippen LogP contribution in [0.4, 0.5) is 0 Å². The molecule has 0 aliphatic carbocycles. The fourth-order valence-electron chi connectivity index (χ4n) is 7.64. The number of nitrogens with zero attached hydrogens (tertiary/aromatic N) is 2. The first kappa shape index (κ1) is 29.9. The van der Waals surface area contributed by atoms with Crippen LogP contribution in [-0.4, -0.2) is 9.55 Å². The SMILES string of the molecule is CC(C)c1nc2ccccc2n1-c1ccc(-c2c3ccccc3c(-c3ccccc3-c3ccc(-c4ccccc4)cc3)c3ccccc23)cc1. The van der Waals surface area contributed by atoms with Gasteiger partial charge in [0.05, 0.1) is 11.0 Å². The molecule has 0 N–H and O–H groups in total. The second-order valence-electron chi connectivity index (χ2n) is 13.3. The molecule has 1 heterocycles. The van der Waals surface area contributed by atoms with Crippen LogP contribution in [0.2, 0.25) is 0 Å². The lowest BCUT2D eigenvalue weighted by Crippen LogP contribution is -2.03. The third-order valence-electron chi connectivity index (χ3n) is 9.95. The molecule has 0 saturated heterocycles. The van der Waals surface area contributed by atoms with Gasteiger partial charge in [-0.25, -0.2) is 4.98 Å². The maximum atomic E-state index is 5.00. The van der Waals surface area contributed by atoms with Crippen molar-refractivity contribution in [2.45, 2.75) is 19.8 Å². The second-order valence-corrected chi connectivity index (χ2v) is 13.3. The first-order valence-electron chi connectivity index (χ1n) is 17.4. The topological polar surface area (TPSA) is 17.8 Å². The first-order chi connectivity index (χ1) is 24.7. The highest BCUT2D eigenvalue weighted by Gasteiger charge is 2.20. The summed E-state index contributed by atoms with van der Waals surface area (Å²) < 4.78 is 2.31. The average Bonchev–Trinajstić information content (AvgIpc) is 3.58. The molecule has 0 unspecified atom stereocenters. The lowest BCUT2D eigenvalue weighted by molar-refractivity contribution is 0.760. The molecule has 0 bridgehead atoms. The van der Waals surface area contributed by atoms with Crippen molar-refractivity contribution in [3.05, 3.63) is 182 Å². The number of imidazole rings is 1. The van der Waals surface area contributed by atoms with E-state index in [0.717, 1.165) is 22.5 Å². The molecule has 2 nitrogen and oxygen atoms in total. The molecule has 0 saturated carbocycles. The van der Waals surface area contributed by atoms with Gasteiger partial charge in [0.1, 0.15) is 5.82 Å². The molecular formula is C48H36N2. The molecule has 0 aliphatic rings. The molecule has 0 amide bonds. The summed E-state index contributed by atoms with van der Waals surface area (Å²) in [4.78, 5) is 5.00. The molecule has 50 heavy (non-hydrogen) atoms. The minimum atomic E-state index is 0.298. The van der Waals surface area contributed by atoms with Crippen molar-refractivity contribution < 1.29 is 0 Å². The van der Waals surface area contributed by atoms with Crippen LogP contribution in [-0.2, 0) is 0 Å². The number of aromatic nitrogens is 2. The van der Waals surface area contributed by atoms with Crippen molar-refractivity contribution >= 4 is 32.6 Å². The van der Waals surface area contributed by atoms with E-state index >= 15 is 0 Å². The van der Waals surface area contributed by atoms with Gasteiger partial charge in [-0.2, -0.15) is 0 Å². The summed E-state index contributed by atoms with van der Waals surface area (Å²) >= 11 is 0. The Labute approximate surface area is 292 Å². The van der Waals surface area contributed by atoms with Crippen molar-refractivity contribution in [1.82, 2.24) is 9.55 Å². The number of benzene rings is 8. The van der Waals surface area contributed by atoms with Gasteiger partial charge < -0.3 is 0 Å². The standard InChI is InChI=1S/C48H36N2/c1-32(2)48-49-44-22-12-13-23-45(44)50(48)37-30-28-36(29-31-37)46-40-18-8-10-20-42(40)47(43-21-11-9-19-41(43)46)39-17-7-6-16-38(39)35-26-24-34(25-27-35)33-14-4-3-5-15-33/h3-32H,1-2H3. The van der Waals surface area contributed by atoms with Crippen LogP contribution in [0.5, 0.6) is 0 Å². The highest BCUT2D eigenvalue weighted by Crippen LogP contribution is 2.46. The third-order valence-corrected chi connectivity index (χ3v) is 9.95. The van der Waals surface area contributed by atoms with Gasteiger partial charge in [-0.15, -0.1) is 0 Å². The quantitative estimate of drug-likeness (QED) is 0.165. The molecule has 9 rings (SSSR count). The van der Waals surface area contributed by atoms with E-state index in [1.807, 2.05) is 0 Å². The Kier molecular flexibility index (Phi) is 7.36. The van der Waals surface area contributed by atoms with Gasteiger partial charge in [-0.1, -0.05) is 166 Å². The Morgan fingerprint density at radius 3 is 1.52 bits per heavy atom. The average molecular weight is 641 g/mol. The zero-order valence-corrected chi connectivity index (χ0v) is 28.2. The maximum Gasteiger partial charge on any atom is 0.117 e. The van der Waals surface area contributed by atoms with Gasteiger partial charge in [0.25, 0.3) is 0 Å². The van der Waals surface area contributed by atoms with E-state index < -0.39 is 0 Å². The number of para-hydroxylation sites is 2. The molecule has 2 heteroatoms. The Morgan fingerprint density at radius 1 is 0.400 bits per heavy atom. The lowest BCUT2D eigenvalue weighted by Gasteiger charge is -2.20. The van der Waals surface area contributed by atoms with Crippen molar-refractivity contribution in [2.75, 3.05) is 0 Å². The lowest BCUT2D eigenvalue weighted by atomic mass is 9.83. The zero-order chi connectivity index (χ0) is 33.6. The van der Waals surface area contributed by atoms with Crippen LogP contribution in [0, 0.1) is 0 Å². The van der Waals surface area contributed by atoms with E-state index in [-0.39, 0.29) is 0 Å². The van der Waals surface area contributed by atoms with Crippen LogP contribution in [0.1, 0.15) is 25.6 Å². The molecule has 1 aromatic heterocycles. The van der Waals surface area contributed by atoms with Crippen molar-refractivity contribution in [3.63, 3.8) is 0 Å². The predicted molar refractivity (Wildman–Crippen MR) is 212 cm³/mol. The summed E-state index contributed by atoms with van der Waals surface area (Å²) in [5.74, 6) is 1.37.